The quantitative estimate of drug-likeness (QED) is 0.189. The van der Waals surface area contributed by atoms with Crippen LogP contribution in [0.4, 0.5) is 0 Å². The predicted octanol–water partition coefficient (Wildman–Crippen LogP) is 3.41. The monoisotopic (exact) mass is 574 g/mol. The van der Waals surface area contributed by atoms with Gasteiger partial charge in [-0.1, -0.05) is 37.4 Å². The van der Waals surface area contributed by atoms with Crippen molar-refractivity contribution in [1.29, 1.82) is 0 Å². The van der Waals surface area contributed by atoms with Crippen molar-refractivity contribution in [3.8, 4) is 17.2 Å². The van der Waals surface area contributed by atoms with Crippen molar-refractivity contribution in [3.63, 3.8) is 0 Å². The minimum atomic E-state index is -0.227. The number of methoxy groups -OCH3 is 3. The zero-order valence-electron chi connectivity index (χ0n) is 23.9. The highest BCUT2D eigenvalue weighted by Gasteiger charge is 2.22. The summed E-state index contributed by atoms with van der Waals surface area (Å²) < 4.78 is 16.1. The van der Waals surface area contributed by atoms with Crippen LogP contribution >= 0.6 is 24.4 Å². The van der Waals surface area contributed by atoms with E-state index >= 15 is 0 Å². The molecule has 2 aromatic rings. The van der Waals surface area contributed by atoms with Gasteiger partial charge in [-0.15, -0.1) is 0 Å². The summed E-state index contributed by atoms with van der Waals surface area (Å²) in [7, 11) is 11.8. The largest absolute Gasteiger partial charge is 0.497 e. The second-order valence-electron chi connectivity index (χ2n) is 8.99. The van der Waals surface area contributed by atoms with E-state index in [1.54, 1.807) is 87.8 Å². The molecule has 11 heteroatoms. The number of hydrogen-bond donors (Lipinski definition) is 0. The van der Waals surface area contributed by atoms with Crippen molar-refractivity contribution < 1.29 is 23.8 Å². The van der Waals surface area contributed by atoms with E-state index in [-0.39, 0.29) is 31.1 Å². The Hall–Kier alpha value is -3.12. The first-order valence-corrected chi connectivity index (χ1v) is 13.2. The summed E-state index contributed by atoms with van der Waals surface area (Å²) in [6.45, 7) is 2.10. The van der Waals surface area contributed by atoms with Crippen LogP contribution in [0.1, 0.15) is 30.0 Å². The van der Waals surface area contributed by atoms with Gasteiger partial charge in [0.2, 0.25) is 0 Å². The molecule has 2 aromatic carbocycles. The molecular weight excluding hydrogens is 536 g/mol. The number of carbonyl (C=O) groups excluding carboxylic acids is 2. The lowest BCUT2D eigenvalue weighted by Gasteiger charge is -2.31. The van der Waals surface area contributed by atoms with Gasteiger partial charge < -0.3 is 14.2 Å². The van der Waals surface area contributed by atoms with Gasteiger partial charge in [-0.05, 0) is 42.3 Å². The minimum Gasteiger partial charge on any atom is -0.497 e. The van der Waals surface area contributed by atoms with E-state index in [1.165, 1.54) is 0 Å². The number of nitrogens with zero attached hydrogens (tertiary/aromatic N) is 4. The lowest BCUT2D eigenvalue weighted by Crippen LogP contribution is -2.45. The minimum absolute atomic E-state index is 0.0102. The number of hydrazine groups is 2. The molecule has 0 aliphatic carbocycles. The molecule has 0 fully saturated rings. The standard InChI is InChI=1S/C28H38N4O5S2/c1-9-19-10-11-22(35-6)15-24(19)27(38)31(4)29(2)17-20(33)14-21(34)18-30(3)32(5)28(39)25-16-23(36-7)12-13-26(25)37-8/h10-13,15-16H,9,14,17-18H2,1-8H3. The molecule has 0 heterocycles. The number of aryl methyl sites for hydroxylation is 1. The Labute approximate surface area is 242 Å². The summed E-state index contributed by atoms with van der Waals surface area (Å²) in [6, 6.07) is 11.1. The molecule has 0 amide bonds. The summed E-state index contributed by atoms with van der Waals surface area (Å²) in [5.74, 6) is 1.49. The van der Waals surface area contributed by atoms with Crippen molar-refractivity contribution in [3.05, 3.63) is 53.1 Å². The van der Waals surface area contributed by atoms with Crippen molar-refractivity contribution in [2.75, 3.05) is 62.6 Å². The van der Waals surface area contributed by atoms with Gasteiger partial charge in [0.1, 0.15) is 27.2 Å². The van der Waals surface area contributed by atoms with E-state index in [4.69, 9.17) is 38.6 Å². The van der Waals surface area contributed by atoms with Gasteiger partial charge in [0.15, 0.2) is 11.6 Å². The van der Waals surface area contributed by atoms with Gasteiger partial charge in [-0.3, -0.25) is 19.6 Å². The first kappa shape index (κ1) is 32.1. The van der Waals surface area contributed by atoms with Crippen LogP contribution in [0.2, 0.25) is 0 Å². The van der Waals surface area contributed by atoms with E-state index < -0.39 is 0 Å². The molecule has 39 heavy (non-hydrogen) atoms. The average molecular weight is 575 g/mol. The van der Waals surface area contributed by atoms with Gasteiger partial charge in [0, 0.05) is 33.8 Å². The fraction of sp³-hybridized carbons (Fsp3) is 0.429. The highest BCUT2D eigenvalue weighted by molar-refractivity contribution is 7.81. The third-order valence-electron chi connectivity index (χ3n) is 6.38. The lowest BCUT2D eigenvalue weighted by atomic mass is 10.0. The molecule has 212 valence electrons. The Bertz CT molecular complexity index is 1110. The third kappa shape index (κ3) is 8.43. The maximum Gasteiger partial charge on any atom is 0.156 e. The van der Waals surface area contributed by atoms with Crippen LogP contribution in [-0.4, -0.2) is 104 Å². The van der Waals surface area contributed by atoms with E-state index in [2.05, 4.69) is 6.92 Å². The fourth-order valence-corrected chi connectivity index (χ4v) is 4.51. The number of likely N-dealkylation sites (N-methyl/N-ethyl adjacent to an activating group) is 2. The Morgan fingerprint density at radius 3 is 1.64 bits per heavy atom. The Kier molecular flexibility index (Phi) is 12.2. The third-order valence-corrected chi connectivity index (χ3v) is 7.35. The molecule has 0 saturated carbocycles. The maximum atomic E-state index is 12.8. The van der Waals surface area contributed by atoms with Crippen LogP contribution in [0.25, 0.3) is 0 Å². The molecule has 0 aromatic heterocycles. The van der Waals surface area contributed by atoms with E-state index in [9.17, 15) is 9.59 Å². The molecule has 9 nitrogen and oxygen atoms in total. The van der Waals surface area contributed by atoms with Crippen molar-refractivity contribution >= 4 is 46.0 Å². The predicted molar refractivity (Wildman–Crippen MR) is 161 cm³/mol. The van der Waals surface area contributed by atoms with Crippen LogP contribution in [-0.2, 0) is 16.0 Å². The number of ketones is 2. The maximum absolute atomic E-state index is 12.8. The van der Waals surface area contributed by atoms with E-state index in [1.807, 2.05) is 18.2 Å². The molecule has 0 aliphatic heterocycles. The Balaban J connectivity index is 1.98. The fourth-order valence-electron chi connectivity index (χ4n) is 3.88. The van der Waals surface area contributed by atoms with Crippen molar-refractivity contribution in [2.45, 2.75) is 19.8 Å². The van der Waals surface area contributed by atoms with Crippen LogP contribution < -0.4 is 14.2 Å². The molecule has 0 unspecified atom stereocenters. The molecular formula is C28H38N4O5S2. The van der Waals surface area contributed by atoms with E-state index in [0.29, 0.717) is 32.8 Å². The molecule has 0 atom stereocenters. The molecule has 0 N–H and O–H groups in total. The molecule has 0 bridgehead atoms. The normalized spacial score (nSPS) is 10.8. The van der Waals surface area contributed by atoms with Gasteiger partial charge in [-0.25, -0.2) is 10.0 Å². The number of thiocarbonyl (C=S) groups is 2. The Morgan fingerprint density at radius 1 is 0.718 bits per heavy atom. The van der Waals surface area contributed by atoms with Crippen LogP contribution in [0.3, 0.4) is 0 Å². The first-order chi connectivity index (χ1) is 18.5. The number of ether oxygens (including phenoxy) is 3. The van der Waals surface area contributed by atoms with Gasteiger partial charge >= 0.3 is 0 Å². The topological polar surface area (TPSA) is 74.8 Å². The van der Waals surface area contributed by atoms with Gasteiger partial charge in [0.25, 0.3) is 0 Å². The molecule has 0 saturated heterocycles. The summed E-state index contributed by atoms with van der Waals surface area (Å²) >= 11 is 11.4. The molecule has 0 radical (unpaired) electrons. The zero-order chi connectivity index (χ0) is 29.3. The summed E-state index contributed by atoms with van der Waals surface area (Å²) in [4.78, 5) is 26.5. The number of benzene rings is 2. The van der Waals surface area contributed by atoms with Crippen LogP contribution in [0.15, 0.2) is 36.4 Å². The van der Waals surface area contributed by atoms with Gasteiger partial charge in [-0.2, -0.15) is 0 Å². The summed E-state index contributed by atoms with van der Waals surface area (Å²) in [5, 5.41) is 6.78. The van der Waals surface area contributed by atoms with Crippen LogP contribution in [0.5, 0.6) is 17.2 Å². The molecule has 2 rings (SSSR count). The lowest BCUT2D eigenvalue weighted by molar-refractivity contribution is -0.130. The number of Topliss-reactive ketones (excluding diaryl/α,β-unsaturated/α-hetero) is 2. The number of rotatable bonds is 14. The zero-order valence-corrected chi connectivity index (χ0v) is 25.6. The van der Waals surface area contributed by atoms with Gasteiger partial charge in [0.05, 0.1) is 46.4 Å². The highest BCUT2D eigenvalue weighted by Crippen LogP contribution is 2.26. The van der Waals surface area contributed by atoms with Crippen LogP contribution in [0, 0.1) is 0 Å². The van der Waals surface area contributed by atoms with Crippen molar-refractivity contribution in [2.24, 2.45) is 0 Å². The number of carbonyl (C=O) groups is 2. The first-order valence-electron chi connectivity index (χ1n) is 12.4. The smallest absolute Gasteiger partial charge is 0.156 e. The molecule has 0 aliphatic rings. The average Bonchev–Trinajstić information content (AvgIpc) is 2.94. The Morgan fingerprint density at radius 2 is 1.18 bits per heavy atom. The molecule has 0 spiro atoms. The number of hydrogen-bond acceptors (Lipinski definition) is 9. The SMILES string of the molecule is CCc1ccc(OC)cc1C(=S)N(C)N(C)CC(=O)CC(=O)CN(C)N(C)C(=S)c1cc(OC)ccc1OC. The second-order valence-corrected chi connectivity index (χ2v) is 9.76. The second kappa shape index (κ2) is 14.9. The van der Waals surface area contributed by atoms with E-state index in [0.717, 1.165) is 17.5 Å². The van der Waals surface area contributed by atoms with Crippen molar-refractivity contribution in [1.82, 2.24) is 20.0 Å². The summed E-state index contributed by atoms with van der Waals surface area (Å²) in [6.07, 6.45) is 0.595. The summed E-state index contributed by atoms with van der Waals surface area (Å²) in [5.41, 5.74) is 2.62. The highest BCUT2D eigenvalue weighted by atomic mass is 32.1.